The van der Waals surface area contributed by atoms with Crippen molar-refractivity contribution < 1.29 is 27.9 Å². The van der Waals surface area contributed by atoms with Crippen molar-refractivity contribution in [1.82, 2.24) is 5.43 Å². The molecule has 6 nitrogen and oxygen atoms in total. The molecule has 0 saturated heterocycles. The third-order valence-corrected chi connectivity index (χ3v) is 3.93. The van der Waals surface area contributed by atoms with Gasteiger partial charge in [0.25, 0.3) is 0 Å². The molecule has 2 aromatic carbocycles. The van der Waals surface area contributed by atoms with Crippen LogP contribution in [0.4, 0.5) is 18.9 Å². The lowest BCUT2D eigenvalue weighted by atomic mass is 10.2. The van der Waals surface area contributed by atoms with Crippen LogP contribution in [-0.2, 0) is 15.8 Å². The van der Waals surface area contributed by atoms with Gasteiger partial charge in [-0.15, -0.1) is 0 Å². The zero-order chi connectivity index (χ0) is 20.7. The largest absolute Gasteiger partial charge is 0.507 e. The van der Waals surface area contributed by atoms with E-state index in [-0.39, 0.29) is 24.3 Å². The minimum atomic E-state index is -4.51. The Hall–Kier alpha value is -2.88. The molecule has 148 valence electrons. The van der Waals surface area contributed by atoms with Gasteiger partial charge in [-0.05, 0) is 36.4 Å². The van der Waals surface area contributed by atoms with Gasteiger partial charge in [0.15, 0.2) is 0 Å². The summed E-state index contributed by atoms with van der Waals surface area (Å²) in [6.07, 6.45) is -3.73. The van der Waals surface area contributed by atoms with Gasteiger partial charge in [-0.1, -0.05) is 22.0 Å². The summed E-state index contributed by atoms with van der Waals surface area (Å²) in [5, 5.41) is 15.6. The third kappa shape index (κ3) is 6.69. The Morgan fingerprint density at radius 3 is 2.54 bits per heavy atom. The quantitative estimate of drug-likeness (QED) is 0.451. The average molecular weight is 458 g/mol. The number of alkyl halides is 3. The molecule has 0 aliphatic heterocycles. The summed E-state index contributed by atoms with van der Waals surface area (Å²) in [5.74, 6) is -1.20. The monoisotopic (exact) mass is 457 g/mol. The number of nitrogens with zero attached hydrogens (tertiary/aromatic N) is 1. The van der Waals surface area contributed by atoms with Gasteiger partial charge in [0.2, 0.25) is 11.8 Å². The number of carbonyl (C=O) groups excluding carboxylic acids is 2. The first-order valence-corrected chi connectivity index (χ1v) is 8.72. The number of carbonyl (C=O) groups is 2. The van der Waals surface area contributed by atoms with E-state index in [0.29, 0.717) is 10.0 Å². The molecule has 0 bridgehead atoms. The maximum atomic E-state index is 12.6. The molecule has 0 aliphatic carbocycles. The number of aromatic hydroxyl groups is 1. The Morgan fingerprint density at radius 1 is 1.11 bits per heavy atom. The Kier molecular flexibility index (Phi) is 7.16. The van der Waals surface area contributed by atoms with Gasteiger partial charge in [0.1, 0.15) is 5.75 Å². The first kappa shape index (κ1) is 21.4. The smallest absolute Gasteiger partial charge is 0.416 e. The number of nitrogens with one attached hydrogen (secondary N) is 2. The van der Waals surface area contributed by atoms with E-state index in [2.05, 4.69) is 31.8 Å². The SMILES string of the molecule is O=C(CCC(=O)Nc1cccc(C(F)(F)F)c1)N/N=C/c1cc(Br)ccc1O. The van der Waals surface area contributed by atoms with Gasteiger partial charge < -0.3 is 10.4 Å². The fourth-order valence-corrected chi connectivity index (χ4v) is 2.46. The highest BCUT2D eigenvalue weighted by Crippen LogP contribution is 2.30. The molecule has 0 aromatic heterocycles. The Labute approximate surface area is 166 Å². The molecule has 0 fully saturated rings. The number of hydrogen-bond acceptors (Lipinski definition) is 4. The second-order valence-corrected chi connectivity index (χ2v) is 6.54. The fraction of sp³-hybridized carbons (Fsp3) is 0.167. The van der Waals surface area contributed by atoms with Gasteiger partial charge in [-0.2, -0.15) is 18.3 Å². The number of halogens is 4. The van der Waals surface area contributed by atoms with Crippen molar-refractivity contribution in [2.45, 2.75) is 19.0 Å². The highest BCUT2D eigenvalue weighted by molar-refractivity contribution is 9.10. The number of rotatable bonds is 6. The van der Waals surface area contributed by atoms with E-state index in [1.165, 1.54) is 24.4 Å². The Bertz CT molecular complexity index is 901. The molecular formula is C18H15BrF3N3O3. The van der Waals surface area contributed by atoms with Gasteiger partial charge in [-0.3, -0.25) is 9.59 Å². The normalized spacial score (nSPS) is 11.4. The van der Waals surface area contributed by atoms with E-state index < -0.39 is 23.6 Å². The number of phenols is 1. The predicted octanol–water partition coefficient (Wildman–Crippen LogP) is 4.04. The maximum Gasteiger partial charge on any atom is 0.416 e. The molecule has 0 heterocycles. The van der Waals surface area contributed by atoms with Gasteiger partial charge >= 0.3 is 6.18 Å². The van der Waals surface area contributed by atoms with Crippen molar-refractivity contribution >= 4 is 39.6 Å². The van der Waals surface area contributed by atoms with E-state index in [1.54, 1.807) is 12.1 Å². The predicted molar refractivity (Wildman–Crippen MR) is 101 cm³/mol. The molecule has 0 atom stereocenters. The van der Waals surface area contributed by atoms with Crippen LogP contribution in [0.5, 0.6) is 5.75 Å². The lowest BCUT2D eigenvalue weighted by molar-refractivity contribution is -0.137. The molecule has 2 aromatic rings. The second-order valence-electron chi connectivity index (χ2n) is 5.62. The summed E-state index contributed by atoms with van der Waals surface area (Å²) in [5.41, 5.74) is 1.68. The number of benzene rings is 2. The Morgan fingerprint density at radius 2 is 1.82 bits per heavy atom. The number of hydrazone groups is 1. The lowest BCUT2D eigenvalue weighted by Gasteiger charge is -2.09. The topological polar surface area (TPSA) is 90.8 Å². The molecule has 2 amide bonds. The van der Waals surface area contributed by atoms with Crippen molar-refractivity contribution in [1.29, 1.82) is 0 Å². The molecular weight excluding hydrogens is 443 g/mol. The van der Waals surface area contributed by atoms with Crippen molar-refractivity contribution in [2.24, 2.45) is 5.10 Å². The highest BCUT2D eigenvalue weighted by atomic mass is 79.9. The van der Waals surface area contributed by atoms with E-state index in [4.69, 9.17) is 0 Å². The number of amides is 2. The number of phenolic OH excluding ortho intramolecular Hbond substituents is 1. The first-order valence-electron chi connectivity index (χ1n) is 7.92. The van der Waals surface area contributed by atoms with Crippen LogP contribution in [0.25, 0.3) is 0 Å². The summed E-state index contributed by atoms with van der Waals surface area (Å²) in [7, 11) is 0. The zero-order valence-corrected chi connectivity index (χ0v) is 15.8. The van der Waals surface area contributed by atoms with E-state index >= 15 is 0 Å². The third-order valence-electron chi connectivity index (χ3n) is 3.44. The summed E-state index contributed by atoms with van der Waals surface area (Å²) < 4.78 is 38.7. The van der Waals surface area contributed by atoms with E-state index in [0.717, 1.165) is 12.1 Å². The molecule has 0 spiro atoms. The minimum absolute atomic E-state index is 0.0108. The molecule has 28 heavy (non-hydrogen) atoms. The van der Waals surface area contributed by atoms with Crippen LogP contribution in [0.1, 0.15) is 24.0 Å². The van der Waals surface area contributed by atoms with Crippen molar-refractivity contribution in [3.63, 3.8) is 0 Å². The highest BCUT2D eigenvalue weighted by Gasteiger charge is 2.30. The fourth-order valence-electron chi connectivity index (χ4n) is 2.08. The second kappa shape index (κ2) is 9.36. The zero-order valence-electron chi connectivity index (χ0n) is 14.3. The number of hydrogen-bond donors (Lipinski definition) is 3. The van der Waals surface area contributed by atoms with Gasteiger partial charge in [0, 0.05) is 28.6 Å². The van der Waals surface area contributed by atoms with E-state index in [1.807, 2.05) is 0 Å². The molecule has 0 saturated carbocycles. The van der Waals surface area contributed by atoms with Crippen LogP contribution in [0.2, 0.25) is 0 Å². The van der Waals surface area contributed by atoms with Crippen LogP contribution < -0.4 is 10.7 Å². The molecule has 2 rings (SSSR count). The van der Waals surface area contributed by atoms with E-state index in [9.17, 15) is 27.9 Å². The van der Waals surface area contributed by atoms with Crippen molar-refractivity contribution in [2.75, 3.05) is 5.32 Å². The molecule has 3 N–H and O–H groups in total. The summed E-state index contributed by atoms with van der Waals surface area (Å²) in [6, 6.07) is 8.88. The molecule has 0 radical (unpaired) electrons. The van der Waals surface area contributed by atoms with Crippen molar-refractivity contribution in [3.05, 3.63) is 58.1 Å². The van der Waals surface area contributed by atoms with Gasteiger partial charge in [0.05, 0.1) is 11.8 Å². The summed E-state index contributed by atoms with van der Waals surface area (Å²) in [6.45, 7) is 0. The van der Waals surface area contributed by atoms with Gasteiger partial charge in [-0.25, -0.2) is 5.43 Å². The molecule has 0 aliphatic rings. The van der Waals surface area contributed by atoms with Crippen LogP contribution in [-0.4, -0.2) is 23.1 Å². The van der Waals surface area contributed by atoms with Crippen LogP contribution in [0.15, 0.2) is 52.0 Å². The Balaban J connectivity index is 1.82. The lowest BCUT2D eigenvalue weighted by Crippen LogP contribution is -2.20. The first-order chi connectivity index (χ1) is 13.1. The average Bonchev–Trinajstić information content (AvgIpc) is 2.62. The van der Waals surface area contributed by atoms with Crippen LogP contribution in [0, 0.1) is 0 Å². The minimum Gasteiger partial charge on any atom is -0.507 e. The molecule has 0 unspecified atom stereocenters. The van der Waals surface area contributed by atoms with Crippen LogP contribution >= 0.6 is 15.9 Å². The van der Waals surface area contributed by atoms with Crippen LogP contribution in [0.3, 0.4) is 0 Å². The molecule has 10 heteroatoms. The summed E-state index contributed by atoms with van der Waals surface area (Å²) >= 11 is 3.23. The summed E-state index contributed by atoms with van der Waals surface area (Å²) in [4.78, 5) is 23.5. The standard InChI is InChI=1S/C18H15BrF3N3O3/c19-13-4-5-15(26)11(8-13)10-23-25-17(28)7-6-16(27)24-14-3-1-2-12(9-14)18(20,21)22/h1-5,8-10,26H,6-7H2,(H,24,27)(H,25,28)/b23-10+. The number of anilines is 1. The maximum absolute atomic E-state index is 12.6. The van der Waals surface area contributed by atoms with Crippen molar-refractivity contribution in [3.8, 4) is 5.75 Å².